The molecule has 0 fully saturated rings. The molecule has 2 aromatic heterocycles. The summed E-state index contributed by atoms with van der Waals surface area (Å²) >= 11 is 13.5. The van der Waals surface area contributed by atoms with Crippen molar-refractivity contribution >= 4 is 50.6 Å². The zero-order chi connectivity index (χ0) is 15.5. The van der Waals surface area contributed by atoms with Crippen molar-refractivity contribution in [1.82, 2.24) is 9.97 Å². The molecule has 1 N–H and O–H groups in total. The molecule has 0 atom stereocenters. The Morgan fingerprint density at radius 1 is 1.18 bits per heavy atom. The van der Waals surface area contributed by atoms with Gasteiger partial charge in [-0.15, -0.1) is 11.3 Å². The van der Waals surface area contributed by atoms with Gasteiger partial charge < -0.3 is 10.1 Å². The van der Waals surface area contributed by atoms with Crippen LogP contribution in [-0.4, -0.2) is 30.2 Å². The van der Waals surface area contributed by atoms with Gasteiger partial charge in [0, 0.05) is 29.6 Å². The van der Waals surface area contributed by atoms with Gasteiger partial charge in [-0.1, -0.05) is 23.7 Å². The summed E-state index contributed by atoms with van der Waals surface area (Å²) in [6.07, 6.45) is 0. The van der Waals surface area contributed by atoms with E-state index in [1.807, 2.05) is 24.3 Å². The van der Waals surface area contributed by atoms with Crippen molar-refractivity contribution in [3.63, 3.8) is 0 Å². The van der Waals surface area contributed by atoms with Gasteiger partial charge >= 0.3 is 0 Å². The van der Waals surface area contributed by atoms with Crippen molar-refractivity contribution in [2.24, 2.45) is 0 Å². The minimum Gasteiger partial charge on any atom is -0.383 e. The number of rotatable bonds is 5. The molecule has 22 heavy (non-hydrogen) atoms. The Kier molecular flexibility index (Phi) is 4.78. The molecule has 7 heteroatoms. The quantitative estimate of drug-likeness (QED) is 0.532. The van der Waals surface area contributed by atoms with Gasteiger partial charge in [0.25, 0.3) is 0 Å². The predicted octanol–water partition coefficient (Wildman–Crippen LogP) is 4.72. The SMILES string of the molecule is COCCNc1nc(Cl)nc2scc(-c3ccc(Cl)cc3)c12. The van der Waals surface area contributed by atoms with Crippen LogP contribution in [0, 0.1) is 0 Å². The average molecular weight is 354 g/mol. The zero-order valence-electron chi connectivity index (χ0n) is 11.8. The molecule has 3 aromatic rings. The standard InChI is InChI=1S/C15H13Cl2N3OS/c1-21-7-6-18-13-12-11(9-2-4-10(16)5-3-9)8-22-14(12)20-15(17)19-13/h2-5,8H,6-7H2,1H3,(H,18,19,20). The van der Waals surface area contributed by atoms with E-state index in [1.165, 1.54) is 0 Å². The van der Waals surface area contributed by atoms with Crippen LogP contribution in [0.1, 0.15) is 0 Å². The van der Waals surface area contributed by atoms with Crippen LogP contribution >= 0.6 is 34.5 Å². The Morgan fingerprint density at radius 3 is 2.68 bits per heavy atom. The summed E-state index contributed by atoms with van der Waals surface area (Å²) < 4.78 is 5.06. The Hall–Kier alpha value is -1.40. The third-order valence-corrected chi connectivity index (χ3v) is 4.45. The maximum atomic E-state index is 6.01. The molecule has 4 nitrogen and oxygen atoms in total. The third kappa shape index (κ3) is 3.17. The molecular weight excluding hydrogens is 341 g/mol. The van der Waals surface area contributed by atoms with Crippen LogP contribution in [0.3, 0.4) is 0 Å². The van der Waals surface area contributed by atoms with Gasteiger partial charge in [-0.25, -0.2) is 9.97 Å². The van der Waals surface area contributed by atoms with Crippen molar-refractivity contribution in [2.45, 2.75) is 0 Å². The van der Waals surface area contributed by atoms with Gasteiger partial charge in [0.1, 0.15) is 10.6 Å². The summed E-state index contributed by atoms with van der Waals surface area (Å²) in [4.78, 5) is 9.47. The number of aromatic nitrogens is 2. The Labute approximate surface area is 142 Å². The first kappa shape index (κ1) is 15.5. The van der Waals surface area contributed by atoms with Crippen molar-refractivity contribution in [3.05, 3.63) is 40.0 Å². The molecule has 2 heterocycles. The summed E-state index contributed by atoms with van der Waals surface area (Å²) in [6, 6.07) is 7.71. The Bertz CT molecular complexity index is 789. The Balaban J connectivity index is 2.09. The molecule has 114 valence electrons. The second-order valence-corrected chi connectivity index (χ2v) is 6.23. The topological polar surface area (TPSA) is 47.0 Å². The van der Waals surface area contributed by atoms with Gasteiger partial charge in [0.15, 0.2) is 0 Å². The number of fused-ring (bicyclic) bond motifs is 1. The minimum absolute atomic E-state index is 0.233. The molecule has 0 aliphatic carbocycles. The highest BCUT2D eigenvalue weighted by Gasteiger charge is 2.14. The summed E-state index contributed by atoms with van der Waals surface area (Å²) in [6.45, 7) is 1.23. The minimum atomic E-state index is 0.233. The summed E-state index contributed by atoms with van der Waals surface area (Å²) in [7, 11) is 1.66. The van der Waals surface area contributed by atoms with Crippen LogP contribution in [0.15, 0.2) is 29.6 Å². The van der Waals surface area contributed by atoms with Crippen molar-refractivity contribution in [3.8, 4) is 11.1 Å². The van der Waals surface area contributed by atoms with E-state index in [4.69, 9.17) is 27.9 Å². The fraction of sp³-hybridized carbons (Fsp3) is 0.200. The van der Waals surface area contributed by atoms with E-state index < -0.39 is 0 Å². The largest absolute Gasteiger partial charge is 0.383 e. The molecule has 1 aromatic carbocycles. The van der Waals surface area contributed by atoms with Crippen LogP contribution in [0.2, 0.25) is 10.3 Å². The van der Waals surface area contributed by atoms with Crippen LogP contribution < -0.4 is 5.32 Å². The highest BCUT2D eigenvalue weighted by atomic mass is 35.5. The smallest absolute Gasteiger partial charge is 0.225 e. The number of hydrogen-bond acceptors (Lipinski definition) is 5. The van der Waals surface area contributed by atoms with E-state index in [0.717, 1.165) is 27.2 Å². The van der Waals surface area contributed by atoms with Gasteiger partial charge in [-0.05, 0) is 29.3 Å². The molecule has 0 saturated heterocycles. The fourth-order valence-corrected chi connectivity index (χ4v) is 3.45. The lowest BCUT2D eigenvalue weighted by Gasteiger charge is -2.08. The second-order valence-electron chi connectivity index (χ2n) is 4.60. The predicted molar refractivity (Wildman–Crippen MR) is 93.2 cm³/mol. The number of thiophene rings is 1. The molecule has 0 aliphatic rings. The molecule has 0 radical (unpaired) electrons. The zero-order valence-corrected chi connectivity index (χ0v) is 14.1. The van der Waals surface area contributed by atoms with E-state index in [0.29, 0.717) is 18.2 Å². The maximum Gasteiger partial charge on any atom is 0.225 e. The molecule has 0 spiro atoms. The maximum absolute atomic E-state index is 6.01. The number of hydrogen-bond donors (Lipinski definition) is 1. The van der Waals surface area contributed by atoms with Crippen molar-refractivity contribution in [2.75, 3.05) is 25.6 Å². The number of ether oxygens (including phenoxy) is 1. The molecule has 0 saturated carbocycles. The van der Waals surface area contributed by atoms with Gasteiger partial charge in [0.2, 0.25) is 5.28 Å². The van der Waals surface area contributed by atoms with Crippen molar-refractivity contribution < 1.29 is 4.74 Å². The molecule has 0 aliphatic heterocycles. The van der Waals surface area contributed by atoms with Crippen LogP contribution in [-0.2, 0) is 4.74 Å². The number of benzene rings is 1. The first-order valence-electron chi connectivity index (χ1n) is 6.62. The first-order chi connectivity index (χ1) is 10.7. The monoisotopic (exact) mass is 353 g/mol. The van der Waals surface area contributed by atoms with E-state index >= 15 is 0 Å². The van der Waals surface area contributed by atoms with Crippen molar-refractivity contribution in [1.29, 1.82) is 0 Å². The number of nitrogens with one attached hydrogen (secondary N) is 1. The first-order valence-corrected chi connectivity index (χ1v) is 8.26. The summed E-state index contributed by atoms with van der Waals surface area (Å²) in [5, 5.41) is 7.22. The lowest BCUT2D eigenvalue weighted by Crippen LogP contribution is -2.09. The second kappa shape index (κ2) is 6.79. The number of anilines is 1. The fourth-order valence-electron chi connectivity index (χ4n) is 2.16. The van der Waals surface area contributed by atoms with Gasteiger partial charge in [-0.3, -0.25) is 0 Å². The van der Waals surface area contributed by atoms with Gasteiger partial charge in [0.05, 0.1) is 12.0 Å². The van der Waals surface area contributed by atoms with Crippen LogP contribution in [0.25, 0.3) is 21.3 Å². The number of halogens is 2. The molecule has 0 bridgehead atoms. The molecule has 0 amide bonds. The van der Waals surface area contributed by atoms with E-state index in [-0.39, 0.29) is 5.28 Å². The lowest BCUT2D eigenvalue weighted by molar-refractivity contribution is 0.210. The molecule has 3 rings (SSSR count). The molecular formula is C15H13Cl2N3OS. The van der Waals surface area contributed by atoms with Crippen LogP contribution in [0.5, 0.6) is 0 Å². The Morgan fingerprint density at radius 2 is 1.95 bits per heavy atom. The van der Waals surface area contributed by atoms with E-state index in [2.05, 4.69) is 20.7 Å². The average Bonchev–Trinajstić information content (AvgIpc) is 2.92. The molecule has 0 unspecified atom stereocenters. The number of nitrogens with zero attached hydrogens (tertiary/aromatic N) is 2. The summed E-state index contributed by atoms with van der Waals surface area (Å²) in [5.74, 6) is 0.721. The highest BCUT2D eigenvalue weighted by molar-refractivity contribution is 7.17. The normalized spacial score (nSPS) is 11.0. The number of methoxy groups -OCH3 is 1. The van der Waals surface area contributed by atoms with Gasteiger partial charge in [-0.2, -0.15) is 0 Å². The highest BCUT2D eigenvalue weighted by Crippen LogP contribution is 2.37. The van der Waals surface area contributed by atoms with E-state index in [1.54, 1.807) is 18.4 Å². The van der Waals surface area contributed by atoms with Crippen LogP contribution in [0.4, 0.5) is 5.82 Å². The third-order valence-electron chi connectivity index (χ3n) is 3.16. The van der Waals surface area contributed by atoms with E-state index in [9.17, 15) is 0 Å². The lowest BCUT2D eigenvalue weighted by atomic mass is 10.1. The summed E-state index contributed by atoms with van der Waals surface area (Å²) in [5.41, 5.74) is 2.13.